The lowest BCUT2D eigenvalue weighted by atomic mass is 10.1. The molecule has 0 unspecified atom stereocenters. The van der Waals surface area contributed by atoms with Crippen molar-refractivity contribution < 1.29 is 9.47 Å². The highest BCUT2D eigenvalue weighted by Crippen LogP contribution is 2.31. The van der Waals surface area contributed by atoms with Crippen molar-refractivity contribution in [2.75, 3.05) is 20.2 Å². The van der Waals surface area contributed by atoms with E-state index in [9.17, 15) is 0 Å². The Hall–Kier alpha value is -0.930. The summed E-state index contributed by atoms with van der Waals surface area (Å²) in [6.07, 6.45) is 0. The Labute approximate surface area is 95.3 Å². The molecule has 0 amide bonds. The van der Waals surface area contributed by atoms with Crippen molar-refractivity contribution in [3.05, 3.63) is 23.3 Å². The fourth-order valence-corrected chi connectivity index (χ4v) is 1.65. The fourth-order valence-electron chi connectivity index (χ4n) is 1.56. The zero-order valence-electron chi connectivity index (χ0n) is 9.26. The molecule has 84 valence electrons. The third kappa shape index (κ3) is 2.76. The van der Waals surface area contributed by atoms with E-state index in [-0.39, 0.29) is 0 Å². The number of hydrogen-bond acceptors (Lipinski definition) is 3. The van der Waals surface area contributed by atoms with Crippen molar-refractivity contribution in [2.45, 2.75) is 13.5 Å². The SMILES string of the molecule is COc1ccc(CNCCl)c(OC)c1C. The lowest BCUT2D eigenvalue weighted by molar-refractivity contribution is 0.384. The summed E-state index contributed by atoms with van der Waals surface area (Å²) in [5.41, 5.74) is 2.09. The number of methoxy groups -OCH3 is 2. The predicted octanol–water partition coefficient (Wildman–Crippen LogP) is 2.30. The van der Waals surface area contributed by atoms with Gasteiger partial charge in [0.05, 0.1) is 20.2 Å². The van der Waals surface area contributed by atoms with E-state index in [0.29, 0.717) is 12.5 Å². The summed E-state index contributed by atoms with van der Waals surface area (Å²) < 4.78 is 10.6. The summed E-state index contributed by atoms with van der Waals surface area (Å²) >= 11 is 5.57. The molecule has 0 fully saturated rings. The first-order chi connectivity index (χ1) is 7.24. The van der Waals surface area contributed by atoms with E-state index in [2.05, 4.69) is 5.32 Å². The van der Waals surface area contributed by atoms with Gasteiger partial charge in [-0.3, -0.25) is 5.32 Å². The molecular formula is C11H16ClNO2. The topological polar surface area (TPSA) is 30.5 Å². The van der Waals surface area contributed by atoms with E-state index in [1.165, 1.54) is 0 Å². The summed E-state index contributed by atoms with van der Waals surface area (Å²) in [6.45, 7) is 2.67. The Morgan fingerprint density at radius 2 is 2.00 bits per heavy atom. The van der Waals surface area contributed by atoms with Gasteiger partial charge >= 0.3 is 0 Å². The number of hydrogen-bond donors (Lipinski definition) is 1. The van der Waals surface area contributed by atoms with Crippen molar-refractivity contribution in [3.8, 4) is 11.5 Å². The molecule has 1 aromatic carbocycles. The Balaban J connectivity index is 3.01. The van der Waals surface area contributed by atoms with Crippen LogP contribution < -0.4 is 14.8 Å². The third-order valence-electron chi connectivity index (χ3n) is 2.27. The van der Waals surface area contributed by atoms with Crippen molar-refractivity contribution in [1.82, 2.24) is 5.32 Å². The van der Waals surface area contributed by atoms with Crippen LogP contribution in [0.4, 0.5) is 0 Å². The van der Waals surface area contributed by atoms with Gasteiger partial charge in [0, 0.05) is 17.7 Å². The lowest BCUT2D eigenvalue weighted by Crippen LogP contribution is -2.11. The molecule has 1 rings (SSSR count). The van der Waals surface area contributed by atoms with Gasteiger partial charge in [-0.05, 0) is 13.0 Å². The highest BCUT2D eigenvalue weighted by atomic mass is 35.5. The van der Waals surface area contributed by atoms with Gasteiger partial charge in [-0.2, -0.15) is 0 Å². The van der Waals surface area contributed by atoms with E-state index in [1.807, 2.05) is 19.1 Å². The average Bonchev–Trinajstić information content (AvgIpc) is 2.26. The molecule has 0 aliphatic rings. The number of alkyl halides is 1. The summed E-state index contributed by atoms with van der Waals surface area (Å²) in [5.74, 6) is 1.69. The van der Waals surface area contributed by atoms with Crippen LogP contribution in [0.2, 0.25) is 0 Å². The smallest absolute Gasteiger partial charge is 0.129 e. The maximum Gasteiger partial charge on any atom is 0.129 e. The van der Waals surface area contributed by atoms with Crippen LogP contribution in [0.15, 0.2) is 12.1 Å². The van der Waals surface area contributed by atoms with E-state index < -0.39 is 0 Å². The summed E-state index contributed by atoms with van der Waals surface area (Å²) in [7, 11) is 3.31. The minimum atomic E-state index is 0.425. The lowest BCUT2D eigenvalue weighted by Gasteiger charge is -2.14. The zero-order chi connectivity index (χ0) is 11.3. The van der Waals surface area contributed by atoms with Crippen molar-refractivity contribution >= 4 is 11.6 Å². The third-order valence-corrected chi connectivity index (χ3v) is 2.46. The van der Waals surface area contributed by atoms with Gasteiger partial charge in [0.2, 0.25) is 0 Å². The van der Waals surface area contributed by atoms with E-state index in [4.69, 9.17) is 21.1 Å². The van der Waals surface area contributed by atoms with Gasteiger partial charge in [0.1, 0.15) is 11.5 Å². The number of ether oxygens (including phenoxy) is 2. The largest absolute Gasteiger partial charge is 0.496 e. The molecule has 0 saturated carbocycles. The Morgan fingerprint density at radius 1 is 1.27 bits per heavy atom. The maximum absolute atomic E-state index is 5.57. The number of halogens is 1. The molecule has 1 N–H and O–H groups in total. The van der Waals surface area contributed by atoms with Crippen LogP contribution in [-0.4, -0.2) is 20.2 Å². The maximum atomic E-state index is 5.57. The minimum Gasteiger partial charge on any atom is -0.496 e. The molecule has 4 heteroatoms. The predicted molar refractivity (Wildman–Crippen MR) is 61.8 cm³/mol. The average molecular weight is 230 g/mol. The van der Waals surface area contributed by atoms with E-state index in [0.717, 1.165) is 22.6 Å². The molecule has 0 heterocycles. The van der Waals surface area contributed by atoms with Crippen LogP contribution in [0.3, 0.4) is 0 Å². The monoisotopic (exact) mass is 229 g/mol. The summed E-state index contributed by atoms with van der Waals surface area (Å²) in [5, 5.41) is 3.05. The molecule has 0 radical (unpaired) electrons. The molecule has 0 atom stereocenters. The summed E-state index contributed by atoms with van der Waals surface area (Å²) in [4.78, 5) is 0. The number of rotatable bonds is 5. The number of benzene rings is 1. The minimum absolute atomic E-state index is 0.425. The Bertz CT molecular complexity index is 329. The highest BCUT2D eigenvalue weighted by molar-refractivity contribution is 6.17. The Morgan fingerprint density at radius 3 is 2.53 bits per heavy atom. The van der Waals surface area contributed by atoms with E-state index >= 15 is 0 Å². The number of nitrogens with one attached hydrogen (secondary N) is 1. The normalized spacial score (nSPS) is 10.1. The fraction of sp³-hybridized carbons (Fsp3) is 0.455. The Kier molecular flexibility index (Phi) is 4.72. The zero-order valence-corrected chi connectivity index (χ0v) is 10.0. The van der Waals surface area contributed by atoms with Crippen LogP contribution in [-0.2, 0) is 6.54 Å². The van der Waals surface area contributed by atoms with Crippen LogP contribution >= 0.6 is 11.6 Å². The standard InChI is InChI=1S/C11H16ClNO2/c1-8-10(14-2)5-4-9(6-13-7-12)11(8)15-3/h4-5,13H,6-7H2,1-3H3. The second-order valence-electron chi connectivity index (χ2n) is 3.15. The molecule has 3 nitrogen and oxygen atoms in total. The molecule has 0 bridgehead atoms. The highest BCUT2D eigenvalue weighted by Gasteiger charge is 2.10. The first kappa shape index (κ1) is 12.1. The molecule has 0 aromatic heterocycles. The van der Waals surface area contributed by atoms with Crippen LogP contribution in [0.1, 0.15) is 11.1 Å². The second kappa shape index (κ2) is 5.83. The van der Waals surface area contributed by atoms with Gasteiger partial charge < -0.3 is 9.47 Å². The molecule has 0 aliphatic carbocycles. The van der Waals surface area contributed by atoms with Crippen LogP contribution in [0.25, 0.3) is 0 Å². The van der Waals surface area contributed by atoms with Gasteiger partial charge in [0.25, 0.3) is 0 Å². The molecular weight excluding hydrogens is 214 g/mol. The van der Waals surface area contributed by atoms with E-state index in [1.54, 1.807) is 14.2 Å². The summed E-state index contributed by atoms with van der Waals surface area (Å²) in [6, 6.07) is 4.33. The first-order valence-corrected chi connectivity index (χ1v) is 5.25. The van der Waals surface area contributed by atoms with Crippen LogP contribution in [0, 0.1) is 6.92 Å². The quantitative estimate of drug-likeness (QED) is 0.621. The second-order valence-corrected chi connectivity index (χ2v) is 3.41. The van der Waals surface area contributed by atoms with Crippen molar-refractivity contribution in [1.29, 1.82) is 0 Å². The van der Waals surface area contributed by atoms with Crippen molar-refractivity contribution in [2.24, 2.45) is 0 Å². The molecule has 15 heavy (non-hydrogen) atoms. The van der Waals surface area contributed by atoms with Gasteiger partial charge in [-0.1, -0.05) is 6.07 Å². The molecule has 0 saturated heterocycles. The van der Waals surface area contributed by atoms with Crippen molar-refractivity contribution in [3.63, 3.8) is 0 Å². The molecule has 1 aromatic rings. The van der Waals surface area contributed by atoms with Crippen LogP contribution in [0.5, 0.6) is 11.5 Å². The molecule has 0 aliphatic heterocycles. The van der Waals surface area contributed by atoms with Gasteiger partial charge in [-0.25, -0.2) is 0 Å². The first-order valence-electron chi connectivity index (χ1n) is 4.71. The molecule has 0 spiro atoms. The van der Waals surface area contributed by atoms with Gasteiger partial charge in [-0.15, -0.1) is 11.6 Å². The van der Waals surface area contributed by atoms with Gasteiger partial charge in [0.15, 0.2) is 0 Å².